The minimum atomic E-state index is -1.01. The number of carbonyl (C=O) groups is 2. The second-order valence-corrected chi connectivity index (χ2v) is 7.05. The number of rotatable bonds is 11. The molecule has 0 aliphatic rings. The predicted octanol–water partition coefficient (Wildman–Crippen LogP) is 3.47. The number of anilines is 2. The first-order valence-electron chi connectivity index (χ1n) is 9.85. The highest BCUT2D eigenvalue weighted by Crippen LogP contribution is 2.31. The number of benzene rings is 2. The third kappa shape index (κ3) is 6.80. The van der Waals surface area contributed by atoms with E-state index in [0.717, 1.165) is 34.7 Å². The first-order valence-corrected chi connectivity index (χ1v) is 9.85. The fourth-order valence-corrected chi connectivity index (χ4v) is 3.10. The van der Waals surface area contributed by atoms with Crippen molar-refractivity contribution in [2.24, 2.45) is 0 Å². The van der Waals surface area contributed by atoms with Crippen molar-refractivity contribution < 1.29 is 29.3 Å². The van der Waals surface area contributed by atoms with Gasteiger partial charge in [-0.05, 0) is 47.5 Å². The smallest absolute Gasteiger partial charge is 0.328 e. The molecule has 2 aromatic rings. The summed E-state index contributed by atoms with van der Waals surface area (Å²) in [5.74, 6) is -0.714. The van der Waals surface area contributed by atoms with Crippen LogP contribution >= 0.6 is 0 Å². The van der Waals surface area contributed by atoms with Gasteiger partial charge in [-0.3, -0.25) is 0 Å². The van der Waals surface area contributed by atoms with E-state index >= 15 is 0 Å². The maximum Gasteiger partial charge on any atom is 0.328 e. The molecule has 0 aliphatic carbocycles. The summed E-state index contributed by atoms with van der Waals surface area (Å²) in [6, 6.07) is 11.0. The van der Waals surface area contributed by atoms with Gasteiger partial charge in [-0.25, -0.2) is 9.59 Å². The third-order valence-electron chi connectivity index (χ3n) is 4.84. The van der Waals surface area contributed by atoms with Gasteiger partial charge in [0.1, 0.15) is 11.5 Å². The highest BCUT2D eigenvalue weighted by molar-refractivity contribution is 5.86. The predicted molar refractivity (Wildman–Crippen MR) is 126 cm³/mol. The zero-order chi connectivity index (χ0) is 23.7. The summed E-state index contributed by atoms with van der Waals surface area (Å²) >= 11 is 0. The lowest BCUT2D eigenvalue weighted by atomic mass is 10.1. The van der Waals surface area contributed by atoms with E-state index in [1.54, 1.807) is 26.4 Å². The highest BCUT2D eigenvalue weighted by Gasteiger charge is 2.13. The Hall–Kier alpha value is -3.94. The second kappa shape index (κ2) is 11.5. The third-order valence-corrected chi connectivity index (χ3v) is 4.84. The lowest BCUT2D eigenvalue weighted by Gasteiger charge is -2.27. The van der Waals surface area contributed by atoms with Gasteiger partial charge in [-0.1, -0.05) is 12.1 Å². The molecule has 0 unspecified atom stereocenters. The van der Waals surface area contributed by atoms with E-state index in [-0.39, 0.29) is 0 Å². The van der Waals surface area contributed by atoms with E-state index in [2.05, 4.69) is 9.80 Å². The molecule has 2 rings (SSSR count). The number of likely N-dealkylation sites (N-methyl/N-ethyl adjacent to an activating group) is 2. The van der Waals surface area contributed by atoms with Crippen molar-refractivity contribution in [3.8, 4) is 11.5 Å². The van der Waals surface area contributed by atoms with Crippen molar-refractivity contribution in [1.29, 1.82) is 0 Å². The Morgan fingerprint density at radius 2 is 1.16 bits per heavy atom. The maximum atomic E-state index is 10.7. The number of carboxylic acid groups (broad SMARTS) is 2. The lowest BCUT2D eigenvalue weighted by molar-refractivity contribution is -0.132. The summed E-state index contributed by atoms with van der Waals surface area (Å²) in [4.78, 5) is 25.6. The van der Waals surface area contributed by atoms with E-state index in [4.69, 9.17) is 19.7 Å². The first-order chi connectivity index (χ1) is 15.2. The van der Waals surface area contributed by atoms with Crippen molar-refractivity contribution in [2.75, 3.05) is 51.2 Å². The lowest BCUT2D eigenvalue weighted by Crippen LogP contribution is -2.31. The van der Waals surface area contributed by atoms with E-state index in [0.29, 0.717) is 24.6 Å². The van der Waals surface area contributed by atoms with Crippen LogP contribution in [0.4, 0.5) is 11.4 Å². The van der Waals surface area contributed by atoms with Gasteiger partial charge < -0.3 is 29.5 Å². The molecule has 8 heteroatoms. The van der Waals surface area contributed by atoms with Gasteiger partial charge in [0.25, 0.3) is 0 Å². The zero-order valence-electron chi connectivity index (χ0n) is 18.6. The summed E-state index contributed by atoms with van der Waals surface area (Å²) in [7, 11) is 7.06. The van der Waals surface area contributed by atoms with Crippen LogP contribution in [0.15, 0.2) is 48.6 Å². The van der Waals surface area contributed by atoms with Crippen LogP contribution in [-0.4, -0.2) is 63.6 Å². The molecule has 0 spiro atoms. The quantitative estimate of drug-likeness (QED) is 0.513. The molecule has 0 aliphatic heterocycles. The Labute approximate surface area is 187 Å². The van der Waals surface area contributed by atoms with Gasteiger partial charge in [0, 0.05) is 39.3 Å². The number of ether oxygens (including phenoxy) is 2. The number of hydrogen-bond acceptors (Lipinski definition) is 6. The molecule has 0 fully saturated rings. The highest BCUT2D eigenvalue weighted by atomic mass is 16.5. The fraction of sp³-hybridized carbons (Fsp3) is 0.250. The van der Waals surface area contributed by atoms with Crippen molar-refractivity contribution in [1.82, 2.24) is 0 Å². The zero-order valence-corrected chi connectivity index (χ0v) is 18.6. The second-order valence-electron chi connectivity index (χ2n) is 7.05. The molecular formula is C24H28N2O6. The van der Waals surface area contributed by atoms with Crippen LogP contribution in [0, 0.1) is 0 Å². The fourth-order valence-electron chi connectivity index (χ4n) is 3.10. The normalized spacial score (nSPS) is 11.0. The van der Waals surface area contributed by atoms with Crippen molar-refractivity contribution in [3.05, 3.63) is 59.7 Å². The molecule has 170 valence electrons. The topological polar surface area (TPSA) is 99.5 Å². The number of hydrogen-bond donors (Lipinski definition) is 2. The average Bonchev–Trinajstić information content (AvgIpc) is 2.79. The van der Waals surface area contributed by atoms with Crippen LogP contribution in [-0.2, 0) is 9.59 Å². The molecule has 2 N–H and O–H groups in total. The van der Waals surface area contributed by atoms with E-state index in [9.17, 15) is 9.59 Å². The van der Waals surface area contributed by atoms with Crippen LogP contribution in [0.25, 0.3) is 12.2 Å². The summed E-state index contributed by atoms with van der Waals surface area (Å²) in [6.45, 7) is 1.36. The van der Waals surface area contributed by atoms with E-state index < -0.39 is 11.9 Å². The molecule has 0 saturated carbocycles. The summed E-state index contributed by atoms with van der Waals surface area (Å²) < 4.78 is 11.0. The molecule has 8 nitrogen and oxygen atoms in total. The molecule has 0 bridgehead atoms. The Balaban J connectivity index is 2.11. The van der Waals surface area contributed by atoms with Crippen molar-refractivity contribution >= 4 is 35.5 Å². The molecule has 0 aromatic heterocycles. The monoisotopic (exact) mass is 440 g/mol. The number of carboxylic acids is 2. The Bertz CT molecular complexity index is 934. The maximum absolute atomic E-state index is 10.7. The SMILES string of the molecule is COc1cc(/C=C/C(=O)O)ccc1N(C)CCN(C)c1ccc(/C=C/C(=O)O)cc1OC. The number of methoxy groups -OCH3 is 2. The standard InChI is InChI=1S/C24H28N2O6/c1-25(19-9-5-17(7-11-23(27)28)15-21(19)31-3)13-14-26(2)20-10-6-18(8-12-24(29)30)16-22(20)32-4/h5-12,15-16H,13-14H2,1-4H3,(H,27,28)(H,29,30)/b11-7+,12-8+. The first kappa shape index (κ1) is 24.3. The van der Waals surface area contributed by atoms with Crippen LogP contribution in [0.3, 0.4) is 0 Å². The van der Waals surface area contributed by atoms with Crippen LogP contribution in [0.2, 0.25) is 0 Å². The Kier molecular flexibility index (Phi) is 8.71. The molecule has 0 heterocycles. The molecule has 32 heavy (non-hydrogen) atoms. The molecule has 2 aromatic carbocycles. The van der Waals surface area contributed by atoms with Crippen molar-refractivity contribution in [2.45, 2.75) is 0 Å². The minimum Gasteiger partial charge on any atom is -0.495 e. The van der Waals surface area contributed by atoms with Crippen LogP contribution in [0.5, 0.6) is 11.5 Å². The van der Waals surface area contributed by atoms with E-state index in [1.165, 1.54) is 12.2 Å². The van der Waals surface area contributed by atoms with Crippen LogP contribution < -0.4 is 19.3 Å². The summed E-state index contributed by atoms with van der Waals surface area (Å²) in [5, 5.41) is 17.6. The average molecular weight is 440 g/mol. The summed E-state index contributed by atoms with van der Waals surface area (Å²) in [5.41, 5.74) is 3.24. The summed E-state index contributed by atoms with van der Waals surface area (Å²) in [6.07, 6.45) is 5.21. The Morgan fingerprint density at radius 3 is 1.47 bits per heavy atom. The van der Waals surface area contributed by atoms with Gasteiger partial charge in [0.2, 0.25) is 0 Å². The van der Waals surface area contributed by atoms with Gasteiger partial charge in [-0.15, -0.1) is 0 Å². The van der Waals surface area contributed by atoms with E-state index in [1.807, 2.05) is 38.4 Å². The van der Waals surface area contributed by atoms with Gasteiger partial charge >= 0.3 is 11.9 Å². The van der Waals surface area contributed by atoms with Crippen molar-refractivity contribution in [3.63, 3.8) is 0 Å². The minimum absolute atomic E-state index is 0.648. The van der Waals surface area contributed by atoms with Gasteiger partial charge in [0.15, 0.2) is 0 Å². The Morgan fingerprint density at radius 1 is 0.781 bits per heavy atom. The van der Waals surface area contributed by atoms with Gasteiger partial charge in [0.05, 0.1) is 25.6 Å². The molecule has 0 saturated heterocycles. The number of aliphatic carboxylic acids is 2. The molecule has 0 atom stereocenters. The molecule has 0 amide bonds. The number of nitrogens with zero attached hydrogens (tertiary/aromatic N) is 2. The largest absolute Gasteiger partial charge is 0.495 e. The molecular weight excluding hydrogens is 412 g/mol. The molecule has 0 radical (unpaired) electrons. The van der Waals surface area contributed by atoms with Crippen LogP contribution in [0.1, 0.15) is 11.1 Å². The van der Waals surface area contributed by atoms with Gasteiger partial charge in [-0.2, -0.15) is 0 Å².